The van der Waals surface area contributed by atoms with E-state index < -0.39 is 0 Å². The second-order valence-corrected chi connectivity index (χ2v) is 4.56. The summed E-state index contributed by atoms with van der Waals surface area (Å²) in [6.45, 7) is 5.06. The van der Waals surface area contributed by atoms with Gasteiger partial charge in [-0.1, -0.05) is 0 Å². The molecule has 0 bridgehead atoms. The topological polar surface area (TPSA) is 38.3 Å². The molecule has 0 amide bonds. The van der Waals surface area contributed by atoms with Crippen molar-refractivity contribution >= 4 is 17.5 Å². The molecule has 3 nitrogen and oxygen atoms in total. The summed E-state index contributed by atoms with van der Waals surface area (Å²) in [5, 5.41) is 3.19. The molecule has 4 heteroatoms. The number of hydrogen-bond acceptors (Lipinski definition) is 4. The maximum Gasteiger partial charge on any atom is 0.176 e. The molecule has 13 heavy (non-hydrogen) atoms. The first kappa shape index (κ1) is 11.0. The monoisotopic (exact) mass is 203 g/mol. The average Bonchev–Trinajstić information content (AvgIpc) is 2.15. The Kier molecular flexibility index (Phi) is 4.77. The number of thioether (sulfide) groups is 1. The minimum absolute atomic E-state index is 0.0116. The summed E-state index contributed by atoms with van der Waals surface area (Å²) in [6, 6.07) is 0.0116. The second kappa shape index (κ2) is 5.62. The molecule has 1 rings (SSSR count). The molecule has 0 saturated carbocycles. The molecule has 76 valence electrons. The summed E-state index contributed by atoms with van der Waals surface area (Å²) in [7, 11) is 0. The molecule has 1 aliphatic rings. The summed E-state index contributed by atoms with van der Waals surface area (Å²) in [5.41, 5.74) is 0. The van der Waals surface area contributed by atoms with Gasteiger partial charge >= 0.3 is 0 Å². The van der Waals surface area contributed by atoms with Crippen LogP contribution in [0.3, 0.4) is 0 Å². The van der Waals surface area contributed by atoms with Crippen LogP contribution in [0.4, 0.5) is 0 Å². The number of hydrogen-bond donors (Lipinski definition) is 1. The van der Waals surface area contributed by atoms with Gasteiger partial charge in [0.15, 0.2) is 5.78 Å². The largest absolute Gasteiger partial charge is 0.371 e. The summed E-state index contributed by atoms with van der Waals surface area (Å²) in [4.78, 5) is 11.5. The molecular weight excluding hydrogens is 186 g/mol. The molecule has 1 fully saturated rings. The third-order valence-electron chi connectivity index (χ3n) is 1.87. The molecule has 0 aromatic carbocycles. The number of nitrogens with one attached hydrogen (secondary N) is 1. The van der Waals surface area contributed by atoms with Crippen LogP contribution in [0.5, 0.6) is 0 Å². The van der Waals surface area contributed by atoms with Crippen molar-refractivity contribution in [1.29, 1.82) is 0 Å². The third-order valence-corrected chi connectivity index (χ3v) is 2.93. The number of ether oxygens (including phenoxy) is 1. The molecule has 1 atom stereocenters. The number of rotatable bonds is 4. The summed E-state index contributed by atoms with van der Waals surface area (Å²) in [6.07, 6.45) is 0.139. The molecule has 0 aromatic heterocycles. The Hall–Kier alpha value is -0.0600. The van der Waals surface area contributed by atoms with E-state index in [0.29, 0.717) is 0 Å². The Bertz CT molecular complexity index is 167. The molecule has 1 N–H and O–H groups in total. The second-order valence-electron chi connectivity index (χ2n) is 3.41. The van der Waals surface area contributed by atoms with Crippen molar-refractivity contribution in [1.82, 2.24) is 5.32 Å². The van der Waals surface area contributed by atoms with Gasteiger partial charge in [0.2, 0.25) is 0 Å². The molecule has 1 unspecified atom stereocenters. The van der Waals surface area contributed by atoms with Crippen LogP contribution in [-0.4, -0.2) is 42.6 Å². The summed E-state index contributed by atoms with van der Waals surface area (Å²) >= 11 is 1.83. The highest BCUT2D eigenvalue weighted by Crippen LogP contribution is 2.08. The predicted molar refractivity (Wildman–Crippen MR) is 55.2 cm³/mol. The van der Waals surface area contributed by atoms with Crippen molar-refractivity contribution in [2.75, 3.05) is 24.7 Å². The third kappa shape index (κ3) is 4.11. The molecule has 1 aliphatic heterocycles. The molecule has 0 aliphatic carbocycles. The van der Waals surface area contributed by atoms with Crippen LogP contribution in [0, 0.1) is 0 Å². The number of carbonyl (C=O) groups is 1. The fraction of sp³-hybridized carbons (Fsp3) is 0.889. The molecule has 0 aromatic rings. The van der Waals surface area contributed by atoms with Crippen molar-refractivity contribution in [3.05, 3.63) is 0 Å². The van der Waals surface area contributed by atoms with Crippen LogP contribution in [0.1, 0.15) is 13.8 Å². The SMILES string of the molecule is CC(C)OCC(=O)C1CSCCN1. The van der Waals surface area contributed by atoms with Gasteiger partial charge in [0, 0.05) is 18.1 Å². The van der Waals surface area contributed by atoms with Gasteiger partial charge in [-0.05, 0) is 13.8 Å². The lowest BCUT2D eigenvalue weighted by molar-refractivity contribution is -0.126. The van der Waals surface area contributed by atoms with E-state index in [-0.39, 0.29) is 24.5 Å². The van der Waals surface area contributed by atoms with Crippen LogP contribution in [0.15, 0.2) is 0 Å². The quantitative estimate of drug-likeness (QED) is 0.729. The van der Waals surface area contributed by atoms with Gasteiger partial charge in [-0.3, -0.25) is 4.79 Å². The number of Topliss-reactive ketones (excluding diaryl/α,β-unsaturated/α-hetero) is 1. The van der Waals surface area contributed by atoms with Crippen molar-refractivity contribution in [3.8, 4) is 0 Å². The molecule has 0 radical (unpaired) electrons. The van der Waals surface area contributed by atoms with Crippen molar-refractivity contribution in [2.45, 2.75) is 26.0 Å². The lowest BCUT2D eigenvalue weighted by atomic mass is 10.2. The van der Waals surface area contributed by atoms with Gasteiger partial charge in [-0.15, -0.1) is 0 Å². The minimum atomic E-state index is 0.0116. The van der Waals surface area contributed by atoms with Crippen molar-refractivity contribution in [3.63, 3.8) is 0 Å². The molecule has 1 saturated heterocycles. The Morgan fingerprint density at radius 1 is 1.69 bits per heavy atom. The van der Waals surface area contributed by atoms with E-state index in [0.717, 1.165) is 18.1 Å². The van der Waals surface area contributed by atoms with E-state index in [1.807, 2.05) is 25.6 Å². The Balaban J connectivity index is 2.21. The number of carbonyl (C=O) groups excluding carboxylic acids is 1. The summed E-state index contributed by atoms with van der Waals surface area (Å²) < 4.78 is 5.26. The fourth-order valence-corrected chi connectivity index (χ4v) is 2.09. The fourth-order valence-electron chi connectivity index (χ4n) is 1.12. The highest BCUT2D eigenvalue weighted by molar-refractivity contribution is 7.99. The lowest BCUT2D eigenvalue weighted by Gasteiger charge is -2.22. The highest BCUT2D eigenvalue weighted by Gasteiger charge is 2.20. The first-order chi connectivity index (χ1) is 6.20. The Labute approximate surface area is 83.6 Å². The summed E-state index contributed by atoms with van der Waals surface area (Å²) in [5.74, 6) is 2.18. The normalized spacial score (nSPS) is 23.5. The molecular formula is C9H17NO2S. The first-order valence-electron chi connectivity index (χ1n) is 4.65. The van der Waals surface area contributed by atoms with Gasteiger partial charge in [0.1, 0.15) is 6.61 Å². The van der Waals surface area contributed by atoms with Crippen molar-refractivity contribution < 1.29 is 9.53 Å². The van der Waals surface area contributed by atoms with E-state index in [1.165, 1.54) is 0 Å². The minimum Gasteiger partial charge on any atom is -0.371 e. The zero-order valence-corrected chi connectivity index (χ0v) is 9.02. The highest BCUT2D eigenvalue weighted by atomic mass is 32.2. The van der Waals surface area contributed by atoms with E-state index in [2.05, 4.69) is 5.32 Å². The first-order valence-corrected chi connectivity index (χ1v) is 5.81. The smallest absolute Gasteiger partial charge is 0.176 e. The van der Waals surface area contributed by atoms with E-state index >= 15 is 0 Å². The Morgan fingerprint density at radius 3 is 3.00 bits per heavy atom. The Morgan fingerprint density at radius 2 is 2.46 bits per heavy atom. The van der Waals surface area contributed by atoms with Gasteiger partial charge < -0.3 is 10.1 Å². The van der Waals surface area contributed by atoms with E-state index in [1.54, 1.807) is 0 Å². The maximum absolute atomic E-state index is 11.5. The van der Waals surface area contributed by atoms with Gasteiger partial charge in [-0.25, -0.2) is 0 Å². The molecule has 0 spiro atoms. The van der Waals surface area contributed by atoms with Gasteiger partial charge in [-0.2, -0.15) is 11.8 Å². The van der Waals surface area contributed by atoms with Gasteiger partial charge in [0.05, 0.1) is 12.1 Å². The zero-order chi connectivity index (χ0) is 9.68. The molecule has 1 heterocycles. The van der Waals surface area contributed by atoms with E-state index in [9.17, 15) is 4.79 Å². The lowest BCUT2D eigenvalue weighted by Crippen LogP contribution is -2.45. The van der Waals surface area contributed by atoms with Crippen LogP contribution in [-0.2, 0) is 9.53 Å². The standard InChI is InChI=1S/C9H17NO2S/c1-7(2)12-5-9(11)8-6-13-4-3-10-8/h7-8,10H,3-6H2,1-2H3. The van der Waals surface area contributed by atoms with Crippen LogP contribution in [0.25, 0.3) is 0 Å². The van der Waals surface area contributed by atoms with Gasteiger partial charge in [0.25, 0.3) is 0 Å². The van der Waals surface area contributed by atoms with E-state index in [4.69, 9.17) is 4.74 Å². The zero-order valence-electron chi connectivity index (χ0n) is 8.21. The maximum atomic E-state index is 11.5. The van der Waals surface area contributed by atoms with Crippen molar-refractivity contribution in [2.24, 2.45) is 0 Å². The van der Waals surface area contributed by atoms with Crippen LogP contribution < -0.4 is 5.32 Å². The average molecular weight is 203 g/mol. The predicted octanol–water partition coefficient (Wildman–Crippen LogP) is 0.685. The van der Waals surface area contributed by atoms with Crippen LogP contribution >= 0.6 is 11.8 Å². The van der Waals surface area contributed by atoms with Crippen LogP contribution in [0.2, 0.25) is 0 Å². The number of ketones is 1.